The van der Waals surface area contributed by atoms with Crippen LogP contribution in [0.2, 0.25) is 0 Å². The second-order valence-electron chi connectivity index (χ2n) is 4.73. The number of nitrogens with two attached hydrogens (primary N) is 1. The Kier molecular flexibility index (Phi) is 4.17. The highest BCUT2D eigenvalue weighted by molar-refractivity contribution is 7.18. The largest absolute Gasteiger partial charge is 0.374 e. The smallest absolute Gasteiger partial charge is 0.209 e. The third-order valence-corrected chi connectivity index (χ3v) is 4.27. The number of nitrogen functional groups attached to an aromatic ring is 1. The number of likely N-dealkylation sites (tertiary alicyclic amines) is 1. The van der Waals surface area contributed by atoms with Crippen LogP contribution in [0.3, 0.4) is 0 Å². The Bertz CT molecular complexity index is 347. The number of nitrogens with zero attached hydrogens (tertiary/aromatic N) is 4. The van der Waals surface area contributed by atoms with E-state index < -0.39 is 0 Å². The van der Waals surface area contributed by atoms with Crippen molar-refractivity contribution in [1.82, 2.24) is 15.1 Å². The predicted molar refractivity (Wildman–Crippen MR) is 72.5 cm³/mol. The molecular formula is C11H21N5S. The zero-order valence-electron chi connectivity index (χ0n) is 10.6. The van der Waals surface area contributed by atoms with Crippen molar-refractivity contribution in [3.05, 3.63) is 0 Å². The second kappa shape index (κ2) is 5.64. The average Bonchev–Trinajstić information content (AvgIpc) is 2.95. The predicted octanol–water partition coefficient (Wildman–Crippen LogP) is 1.43. The molecule has 0 amide bonds. The molecule has 1 fully saturated rings. The Morgan fingerprint density at radius 2 is 2.12 bits per heavy atom. The summed E-state index contributed by atoms with van der Waals surface area (Å²) in [5, 5.41) is 9.34. The van der Waals surface area contributed by atoms with Gasteiger partial charge in [0, 0.05) is 19.6 Å². The maximum Gasteiger partial charge on any atom is 0.209 e. The molecule has 2 N–H and O–H groups in total. The van der Waals surface area contributed by atoms with Crippen LogP contribution in [0.5, 0.6) is 0 Å². The van der Waals surface area contributed by atoms with Gasteiger partial charge >= 0.3 is 0 Å². The van der Waals surface area contributed by atoms with Crippen LogP contribution in [-0.4, -0.2) is 47.8 Å². The minimum absolute atomic E-state index is 0.541. The van der Waals surface area contributed by atoms with Crippen LogP contribution in [0.15, 0.2) is 0 Å². The Morgan fingerprint density at radius 1 is 1.41 bits per heavy atom. The van der Waals surface area contributed by atoms with E-state index in [9.17, 15) is 0 Å². The molecule has 0 bridgehead atoms. The van der Waals surface area contributed by atoms with Gasteiger partial charge in [0.05, 0.1) is 0 Å². The molecule has 6 heteroatoms. The van der Waals surface area contributed by atoms with Gasteiger partial charge < -0.3 is 15.5 Å². The molecule has 1 unspecified atom stereocenters. The molecule has 1 aliphatic heterocycles. The van der Waals surface area contributed by atoms with Gasteiger partial charge in [-0.15, -0.1) is 10.2 Å². The Hall–Kier alpha value is -0.880. The molecule has 0 saturated carbocycles. The standard InChI is InChI=1S/C11H21N5S/c1-9(16-6-3-4-7-16)5-8-15(2)11-14-13-10(12)17-11/h9H,3-8H2,1-2H3,(H2,12,13). The van der Waals surface area contributed by atoms with E-state index in [1.807, 2.05) is 0 Å². The van der Waals surface area contributed by atoms with E-state index in [-0.39, 0.29) is 0 Å². The fraction of sp³-hybridized carbons (Fsp3) is 0.818. The minimum atomic E-state index is 0.541. The van der Waals surface area contributed by atoms with Crippen LogP contribution in [0, 0.1) is 0 Å². The zero-order valence-corrected chi connectivity index (χ0v) is 11.4. The summed E-state index contributed by atoms with van der Waals surface area (Å²) in [5.41, 5.74) is 5.58. The van der Waals surface area contributed by atoms with Crippen molar-refractivity contribution in [3.63, 3.8) is 0 Å². The van der Waals surface area contributed by atoms with Gasteiger partial charge in [-0.05, 0) is 39.3 Å². The maximum absolute atomic E-state index is 5.58. The average molecular weight is 255 g/mol. The van der Waals surface area contributed by atoms with Crippen LogP contribution in [0.25, 0.3) is 0 Å². The lowest BCUT2D eigenvalue weighted by atomic mass is 10.2. The van der Waals surface area contributed by atoms with Crippen LogP contribution >= 0.6 is 11.3 Å². The van der Waals surface area contributed by atoms with Gasteiger partial charge in [-0.3, -0.25) is 0 Å². The summed E-state index contributed by atoms with van der Waals surface area (Å²) >= 11 is 1.45. The molecule has 1 aliphatic rings. The molecular weight excluding hydrogens is 234 g/mol. The van der Waals surface area contributed by atoms with Gasteiger partial charge in [-0.2, -0.15) is 0 Å². The quantitative estimate of drug-likeness (QED) is 0.862. The number of aromatic nitrogens is 2. The molecule has 5 nitrogen and oxygen atoms in total. The monoisotopic (exact) mass is 255 g/mol. The van der Waals surface area contributed by atoms with Crippen LogP contribution in [0.4, 0.5) is 10.3 Å². The third kappa shape index (κ3) is 3.29. The molecule has 0 radical (unpaired) electrons. The van der Waals surface area contributed by atoms with E-state index in [2.05, 4.69) is 34.0 Å². The lowest BCUT2D eigenvalue weighted by Gasteiger charge is -2.25. The molecule has 0 spiro atoms. The molecule has 1 aromatic rings. The number of rotatable bonds is 5. The fourth-order valence-electron chi connectivity index (χ4n) is 2.22. The van der Waals surface area contributed by atoms with Crippen molar-refractivity contribution < 1.29 is 0 Å². The van der Waals surface area contributed by atoms with Crippen LogP contribution < -0.4 is 10.6 Å². The highest BCUT2D eigenvalue weighted by atomic mass is 32.1. The summed E-state index contributed by atoms with van der Waals surface area (Å²) in [6, 6.07) is 0.658. The number of hydrogen-bond acceptors (Lipinski definition) is 6. The van der Waals surface area contributed by atoms with Crippen LogP contribution in [-0.2, 0) is 0 Å². The summed E-state index contributed by atoms with van der Waals surface area (Å²) in [6.45, 7) is 5.84. The van der Waals surface area contributed by atoms with Gasteiger partial charge in [0.1, 0.15) is 0 Å². The minimum Gasteiger partial charge on any atom is -0.374 e. The first kappa shape index (κ1) is 12.6. The zero-order chi connectivity index (χ0) is 12.3. The summed E-state index contributed by atoms with van der Waals surface area (Å²) in [6.07, 6.45) is 3.87. The van der Waals surface area contributed by atoms with E-state index in [1.54, 1.807) is 0 Å². The van der Waals surface area contributed by atoms with E-state index in [0.29, 0.717) is 11.2 Å². The van der Waals surface area contributed by atoms with Crippen molar-refractivity contribution in [2.24, 2.45) is 0 Å². The molecule has 1 atom stereocenters. The lowest BCUT2D eigenvalue weighted by molar-refractivity contribution is 0.249. The van der Waals surface area contributed by atoms with Crippen molar-refractivity contribution in [2.45, 2.75) is 32.2 Å². The summed E-state index contributed by atoms with van der Waals surface area (Å²) in [7, 11) is 2.05. The Morgan fingerprint density at radius 3 is 2.71 bits per heavy atom. The maximum atomic E-state index is 5.58. The normalized spacial score (nSPS) is 18.5. The van der Waals surface area contributed by atoms with Crippen molar-refractivity contribution in [1.29, 1.82) is 0 Å². The molecule has 96 valence electrons. The number of anilines is 2. The molecule has 2 rings (SSSR count). The SMILES string of the molecule is CC(CCN(C)c1nnc(N)s1)N1CCCC1. The topological polar surface area (TPSA) is 58.3 Å². The van der Waals surface area contributed by atoms with Crippen molar-refractivity contribution >= 4 is 21.6 Å². The third-order valence-electron chi connectivity index (χ3n) is 3.40. The van der Waals surface area contributed by atoms with Gasteiger partial charge in [0.25, 0.3) is 0 Å². The highest BCUT2D eigenvalue weighted by Crippen LogP contribution is 2.21. The van der Waals surface area contributed by atoms with E-state index >= 15 is 0 Å². The first-order valence-corrected chi connectivity index (χ1v) is 7.02. The molecule has 2 heterocycles. The van der Waals surface area contributed by atoms with Gasteiger partial charge in [0.15, 0.2) is 0 Å². The second-order valence-corrected chi connectivity index (χ2v) is 5.71. The molecule has 1 saturated heterocycles. The number of hydrogen-bond donors (Lipinski definition) is 1. The molecule has 0 aromatic carbocycles. The van der Waals surface area contributed by atoms with Gasteiger partial charge in [0.2, 0.25) is 10.3 Å². The van der Waals surface area contributed by atoms with Gasteiger partial charge in [-0.1, -0.05) is 11.3 Å². The first-order chi connectivity index (χ1) is 8.16. The molecule has 17 heavy (non-hydrogen) atoms. The Labute approximate surface area is 107 Å². The van der Waals surface area contributed by atoms with Gasteiger partial charge in [-0.25, -0.2) is 0 Å². The van der Waals surface area contributed by atoms with Crippen LogP contribution in [0.1, 0.15) is 26.2 Å². The highest BCUT2D eigenvalue weighted by Gasteiger charge is 2.18. The summed E-state index contributed by atoms with van der Waals surface area (Å²) in [4.78, 5) is 4.71. The Balaban J connectivity index is 1.77. The summed E-state index contributed by atoms with van der Waals surface area (Å²) < 4.78 is 0. The van der Waals surface area contributed by atoms with E-state index in [1.165, 1.54) is 37.3 Å². The van der Waals surface area contributed by atoms with Crippen molar-refractivity contribution in [3.8, 4) is 0 Å². The van der Waals surface area contributed by atoms with E-state index in [4.69, 9.17) is 5.73 Å². The van der Waals surface area contributed by atoms with E-state index in [0.717, 1.165) is 18.1 Å². The fourth-order valence-corrected chi connectivity index (χ4v) is 2.82. The molecule has 0 aliphatic carbocycles. The first-order valence-electron chi connectivity index (χ1n) is 6.21. The molecule has 1 aromatic heterocycles. The lowest BCUT2D eigenvalue weighted by Crippen LogP contribution is -2.33. The summed E-state index contributed by atoms with van der Waals surface area (Å²) in [5.74, 6) is 0. The van der Waals surface area contributed by atoms with Crippen molar-refractivity contribution in [2.75, 3.05) is 37.3 Å².